The minimum atomic E-state index is -5.64. The number of halogens is 10. The first kappa shape index (κ1) is 62.5. The first-order valence-electron chi connectivity index (χ1n) is 29.4. The molecule has 22 nitrogen and oxygen atoms in total. The van der Waals surface area contributed by atoms with E-state index < -0.39 is 221 Å². The highest BCUT2D eigenvalue weighted by Crippen LogP contribution is 2.61. The van der Waals surface area contributed by atoms with E-state index in [4.69, 9.17) is 21.1 Å². The molecule has 4 aliphatic carbocycles. The molecule has 2 aromatic heterocycles. The third-order valence-electron chi connectivity index (χ3n) is 20.7. The van der Waals surface area contributed by atoms with Gasteiger partial charge in [-0.3, -0.25) is 33.6 Å². The number of hydrogen-bond donors (Lipinski definition) is 4. The highest BCUT2D eigenvalue weighted by molar-refractivity contribution is 6.32. The predicted octanol–water partition coefficient (Wildman–Crippen LogP) is 3.81. The van der Waals surface area contributed by atoms with E-state index in [1.165, 1.54) is 34.6 Å². The molecule has 0 aromatic carbocycles. The average molecular weight is 1290 g/mol. The number of likely N-dealkylation sites (tertiary alicyclic amines) is 4. The summed E-state index contributed by atoms with van der Waals surface area (Å²) in [7, 11) is 0. The number of carbonyl (C=O) groups excluding carboxylic acids is 8. The van der Waals surface area contributed by atoms with E-state index in [9.17, 15) is 60.8 Å². The van der Waals surface area contributed by atoms with Crippen molar-refractivity contribution in [3.05, 3.63) is 36.2 Å². The number of alkyl halides is 8. The molecule has 4 saturated carbocycles. The van der Waals surface area contributed by atoms with Crippen molar-refractivity contribution in [2.45, 2.75) is 151 Å². The fraction of sp³-hybridized carbons (Fsp3) is 0.655. The lowest BCUT2D eigenvalue weighted by molar-refractivity contribution is -0.697. The van der Waals surface area contributed by atoms with E-state index in [1.54, 1.807) is 5.32 Å². The molecule has 8 fully saturated rings. The number of nitrogens with one attached hydrogen (secondary N) is 4. The zero-order valence-electron chi connectivity index (χ0n) is 48.8. The third-order valence-corrected chi connectivity index (χ3v) is 20.9. The monoisotopic (exact) mass is 1290 g/mol. The molecular weight excluding hydrogens is 1230 g/mol. The Bertz CT molecular complexity index is 3540. The molecular formula is C58H61ClF9N12O10+. The van der Waals surface area contributed by atoms with Gasteiger partial charge in [0.05, 0.1) is 38.0 Å². The van der Waals surface area contributed by atoms with Gasteiger partial charge in [0.25, 0.3) is 5.91 Å². The van der Waals surface area contributed by atoms with Gasteiger partial charge in [0.2, 0.25) is 40.6 Å². The second-order valence-corrected chi connectivity index (χ2v) is 28.0. The summed E-state index contributed by atoms with van der Waals surface area (Å²) in [5.74, 6) is -19.2. The summed E-state index contributed by atoms with van der Waals surface area (Å²) < 4.78 is 147. The Morgan fingerprint density at radius 1 is 0.711 bits per heavy atom. The SMILES string of the molecule is CC(C)(C)C(NC(=O)C(F)(F)Cl)C(=O)N1CC2C3CC(F)C(C3)C2C1C(=O)N1CC2(CC1C#N)Oc1cc(F)c[n+](CC(C)(C)C(NC(=O)C(F)(F)F)C(=O)N3CC4C5CC(F)C(C5)C4C3C(=O)N3CC4(CC3C#N)Oc3cc(F)cnc3NC4=O)c1NC2=O. The van der Waals surface area contributed by atoms with Crippen molar-refractivity contribution in [1.82, 2.24) is 35.2 Å². The lowest BCUT2D eigenvalue weighted by atomic mass is 9.77. The number of nitriles is 2. The van der Waals surface area contributed by atoms with Gasteiger partial charge in [0, 0.05) is 43.5 Å². The smallest absolute Gasteiger partial charge is 0.471 e. The Balaban J connectivity index is 0.837. The fourth-order valence-electron chi connectivity index (χ4n) is 16.8. The maximum Gasteiger partial charge on any atom is 0.471 e. The Morgan fingerprint density at radius 2 is 1.19 bits per heavy atom. The molecule has 4 N–H and O–H groups in total. The van der Waals surface area contributed by atoms with Crippen LogP contribution in [0.2, 0.25) is 0 Å². The summed E-state index contributed by atoms with van der Waals surface area (Å²) in [6.07, 6.45) is -7.20. The number of fused-ring (bicyclic) bond motifs is 12. The van der Waals surface area contributed by atoms with Gasteiger partial charge in [-0.2, -0.15) is 32.5 Å². The molecule has 32 heteroatoms. The standard InChI is InChI=1S/C58H60ClF9N12O10/c1-53(2,3)41(72-51(87)57(59,64)65)47(83)77-18-31-23-6-29(33(62)8-23)37(31)39(77)45(81)80-22-56(13-28(80)15-70)50(86)75-44-36(90-56)11-26(61)17-76(44)20-54(4,5)42(73-52(88)58(66,67)68)48(84)78-19-32-24-7-30(34(63)9-24)38(32)40(78)46(82)79-21-55(12-27(79)14-69)49(85)74-43-35(89-55)10-25(60)16-71-43/h10-11,16-17,23-24,27-34,37-42H,6-9,12-13,18-22H2,1-5H3,(H3,71,72,73,74,85,87,88)/p+1. The van der Waals surface area contributed by atoms with Crippen molar-refractivity contribution >= 4 is 70.5 Å². The van der Waals surface area contributed by atoms with Crippen LogP contribution in [-0.2, 0) is 44.9 Å². The van der Waals surface area contributed by atoms with Crippen molar-refractivity contribution in [2.75, 3.05) is 36.8 Å². The van der Waals surface area contributed by atoms with Crippen molar-refractivity contribution in [2.24, 2.45) is 58.2 Å². The van der Waals surface area contributed by atoms with Gasteiger partial charge in [-0.15, -0.1) is 0 Å². The Kier molecular flexibility index (Phi) is 14.7. The van der Waals surface area contributed by atoms with Gasteiger partial charge >= 0.3 is 35.1 Å². The van der Waals surface area contributed by atoms with Crippen LogP contribution in [-0.4, -0.2) is 169 Å². The topological polar surface area (TPSA) is 280 Å². The number of hydrogen-bond acceptors (Lipinski definition) is 13. The number of ether oxygens (including phenoxy) is 2. The summed E-state index contributed by atoms with van der Waals surface area (Å²) >= 11 is 5.03. The van der Waals surface area contributed by atoms with E-state index in [0.29, 0.717) is 6.42 Å². The van der Waals surface area contributed by atoms with Gasteiger partial charge in [-0.25, -0.2) is 37.2 Å². The number of amides is 8. The molecule has 8 heterocycles. The molecule has 90 heavy (non-hydrogen) atoms. The van der Waals surface area contributed by atoms with E-state index in [-0.39, 0.29) is 55.7 Å². The van der Waals surface area contributed by atoms with Crippen LogP contribution in [0.1, 0.15) is 73.1 Å². The summed E-state index contributed by atoms with van der Waals surface area (Å²) in [5.41, 5.74) is -7.54. The molecule has 2 spiro atoms. The number of pyridine rings is 2. The zero-order valence-corrected chi connectivity index (χ0v) is 49.5. The first-order chi connectivity index (χ1) is 42.0. The quantitative estimate of drug-likeness (QED) is 0.150. The fourth-order valence-corrected chi connectivity index (χ4v) is 16.8. The normalized spacial score (nSPS) is 34.3. The predicted molar refractivity (Wildman–Crippen MR) is 287 cm³/mol. The summed E-state index contributed by atoms with van der Waals surface area (Å²) in [5, 5.41) is 25.5. The van der Waals surface area contributed by atoms with Crippen molar-refractivity contribution < 1.29 is 91.9 Å². The molecule has 18 atom stereocenters. The van der Waals surface area contributed by atoms with Crippen LogP contribution in [0.3, 0.4) is 0 Å². The van der Waals surface area contributed by atoms with E-state index in [1.807, 2.05) is 17.5 Å². The van der Waals surface area contributed by atoms with Crippen molar-refractivity contribution in [3.63, 3.8) is 0 Å². The second-order valence-electron chi connectivity index (χ2n) is 27.6. The van der Waals surface area contributed by atoms with Gasteiger partial charge < -0.3 is 45.0 Å². The van der Waals surface area contributed by atoms with Gasteiger partial charge in [0.1, 0.15) is 60.6 Å². The highest BCUT2D eigenvalue weighted by atomic mass is 35.5. The molecule has 2 aromatic rings. The largest absolute Gasteiger partial charge is 0.471 e. The number of nitrogens with zero attached hydrogens (tertiary/aromatic N) is 8. The molecule has 4 bridgehead atoms. The minimum absolute atomic E-state index is 0.0357. The van der Waals surface area contributed by atoms with Crippen LogP contribution in [0, 0.1) is 92.5 Å². The molecule has 18 unspecified atom stereocenters. The van der Waals surface area contributed by atoms with E-state index in [2.05, 4.69) is 15.6 Å². The van der Waals surface area contributed by atoms with E-state index >= 15 is 27.6 Å². The molecule has 4 saturated heterocycles. The van der Waals surface area contributed by atoms with Gasteiger partial charge in [-0.05, 0) is 90.0 Å². The Hall–Kier alpha value is -7.70. The number of anilines is 2. The third kappa shape index (κ3) is 10.0. The van der Waals surface area contributed by atoms with Crippen LogP contribution in [0.4, 0.5) is 51.1 Å². The Morgan fingerprint density at radius 3 is 1.68 bits per heavy atom. The maximum atomic E-state index is 16.2. The number of carbonyl (C=O) groups is 8. The van der Waals surface area contributed by atoms with Crippen LogP contribution in [0.25, 0.3) is 0 Å². The van der Waals surface area contributed by atoms with Crippen LogP contribution < -0.4 is 35.3 Å². The second kappa shape index (κ2) is 21.2. The number of rotatable bonds is 10. The minimum Gasteiger partial charge on any atom is -0.471 e. The van der Waals surface area contributed by atoms with Crippen molar-refractivity contribution in [3.8, 4) is 23.6 Å². The van der Waals surface area contributed by atoms with Crippen LogP contribution >= 0.6 is 11.6 Å². The maximum absolute atomic E-state index is 16.2. The van der Waals surface area contributed by atoms with Gasteiger partial charge in [0.15, 0.2) is 17.4 Å². The highest BCUT2D eigenvalue weighted by Gasteiger charge is 2.69. The molecule has 482 valence electrons. The van der Waals surface area contributed by atoms with Crippen LogP contribution in [0.5, 0.6) is 11.5 Å². The van der Waals surface area contributed by atoms with Gasteiger partial charge in [-0.1, -0.05) is 34.6 Å². The zero-order chi connectivity index (χ0) is 65.2. The lowest BCUT2D eigenvalue weighted by Crippen LogP contribution is -2.64. The lowest BCUT2D eigenvalue weighted by Gasteiger charge is -2.40. The summed E-state index contributed by atoms with van der Waals surface area (Å²) in [4.78, 5) is 123. The molecule has 0 radical (unpaired) electrons. The molecule has 10 aliphatic rings. The molecule has 12 rings (SSSR count). The molecule has 8 amide bonds. The Labute approximate surface area is 512 Å². The summed E-state index contributed by atoms with van der Waals surface area (Å²) in [6, 6.07) is -4.61. The molecule has 6 aliphatic heterocycles. The average Bonchev–Trinajstić information content (AvgIpc) is 1.55. The summed E-state index contributed by atoms with van der Waals surface area (Å²) in [6.45, 7) is 4.16. The van der Waals surface area contributed by atoms with Crippen LogP contribution in [0.15, 0.2) is 24.5 Å². The van der Waals surface area contributed by atoms with Crippen molar-refractivity contribution in [1.29, 1.82) is 10.5 Å². The first-order valence-corrected chi connectivity index (χ1v) is 29.8. The number of aromatic nitrogens is 2. The van der Waals surface area contributed by atoms with E-state index in [0.717, 1.165) is 48.7 Å².